The van der Waals surface area contributed by atoms with Crippen LogP contribution in [0.1, 0.15) is 17.0 Å². The molecule has 6 nitrogen and oxygen atoms in total. The molecule has 3 aromatic rings. The molecule has 0 aliphatic heterocycles. The molecule has 0 saturated heterocycles. The van der Waals surface area contributed by atoms with Gasteiger partial charge in [-0.1, -0.05) is 41.6 Å². The van der Waals surface area contributed by atoms with Gasteiger partial charge in [-0.15, -0.1) is 0 Å². The van der Waals surface area contributed by atoms with Crippen molar-refractivity contribution in [3.63, 3.8) is 0 Å². The molecule has 0 radical (unpaired) electrons. The molecule has 0 unspecified atom stereocenters. The fraction of sp³-hybridized carbons (Fsp3) is 0.286. The number of aryl methyl sites for hydroxylation is 1. The van der Waals surface area contributed by atoms with Crippen LogP contribution >= 0.6 is 0 Å². The normalized spacial score (nSPS) is 10.6. The predicted molar refractivity (Wildman–Crippen MR) is 103 cm³/mol. The zero-order valence-electron chi connectivity index (χ0n) is 15.8. The third-order valence-corrected chi connectivity index (χ3v) is 4.48. The molecule has 27 heavy (non-hydrogen) atoms. The van der Waals surface area contributed by atoms with Gasteiger partial charge in [-0.05, 0) is 36.6 Å². The number of carbonyl (C=O) groups excluding carboxylic acids is 1. The minimum absolute atomic E-state index is 0.0523. The lowest BCUT2D eigenvalue weighted by molar-refractivity contribution is -0.129. The number of hydrogen-bond donors (Lipinski definition) is 0. The van der Waals surface area contributed by atoms with Crippen molar-refractivity contribution in [1.82, 2.24) is 15.0 Å². The molecule has 3 rings (SSSR count). The number of carbonyl (C=O) groups is 1. The molecular weight excluding hydrogens is 342 g/mol. The van der Waals surface area contributed by atoms with Crippen LogP contribution in [0.4, 0.5) is 0 Å². The van der Waals surface area contributed by atoms with E-state index in [1.54, 1.807) is 19.1 Å². The molecule has 0 saturated carbocycles. The molecule has 0 spiro atoms. The highest BCUT2D eigenvalue weighted by molar-refractivity contribution is 5.77. The first-order chi connectivity index (χ1) is 13.1. The Balaban J connectivity index is 1.56. The zero-order valence-corrected chi connectivity index (χ0v) is 15.8. The Kier molecular flexibility index (Phi) is 5.86. The lowest BCUT2D eigenvalue weighted by Crippen LogP contribution is -2.30. The molecule has 1 aromatic heterocycles. The smallest absolute Gasteiger partial charge is 0.236 e. The summed E-state index contributed by atoms with van der Waals surface area (Å²) in [5.74, 6) is 1.61. The van der Waals surface area contributed by atoms with Crippen LogP contribution in [0.2, 0.25) is 0 Å². The second kappa shape index (κ2) is 8.49. The van der Waals surface area contributed by atoms with Crippen molar-refractivity contribution in [2.45, 2.75) is 19.8 Å². The topological polar surface area (TPSA) is 68.5 Å². The van der Waals surface area contributed by atoms with Crippen LogP contribution in [0.25, 0.3) is 11.4 Å². The Morgan fingerprint density at radius 2 is 1.89 bits per heavy atom. The molecule has 0 N–H and O–H groups in total. The van der Waals surface area contributed by atoms with E-state index < -0.39 is 0 Å². The van der Waals surface area contributed by atoms with E-state index in [2.05, 4.69) is 10.1 Å². The summed E-state index contributed by atoms with van der Waals surface area (Å²) in [7, 11) is 3.42. The molecule has 0 atom stereocenters. The zero-order chi connectivity index (χ0) is 19.2. The summed E-state index contributed by atoms with van der Waals surface area (Å²) in [5, 5.41) is 4.00. The Morgan fingerprint density at radius 1 is 1.15 bits per heavy atom. The van der Waals surface area contributed by atoms with Crippen molar-refractivity contribution in [2.24, 2.45) is 0 Å². The van der Waals surface area contributed by atoms with Crippen LogP contribution in [-0.2, 0) is 17.6 Å². The van der Waals surface area contributed by atoms with Crippen molar-refractivity contribution in [3.8, 4) is 17.1 Å². The van der Waals surface area contributed by atoms with Gasteiger partial charge in [-0.2, -0.15) is 4.98 Å². The van der Waals surface area contributed by atoms with Crippen molar-refractivity contribution in [2.75, 3.05) is 20.7 Å². The van der Waals surface area contributed by atoms with Crippen LogP contribution in [-0.4, -0.2) is 41.6 Å². The molecule has 1 amide bonds. The number of likely N-dealkylation sites (N-methyl/N-ethyl adjacent to an activating group) is 1. The summed E-state index contributed by atoms with van der Waals surface area (Å²) in [6.45, 7) is 2.60. The van der Waals surface area contributed by atoms with Crippen molar-refractivity contribution >= 4 is 5.91 Å². The summed E-state index contributed by atoms with van der Waals surface area (Å²) < 4.78 is 10.4. The first kappa shape index (κ1) is 18.6. The molecule has 2 aromatic carbocycles. The third-order valence-electron chi connectivity index (χ3n) is 4.48. The second-order valence-electron chi connectivity index (χ2n) is 6.42. The van der Waals surface area contributed by atoms with Crippen LogP contribution in [0.15, 0.2) is 53.1 Å². The van der Waals surface area contributed by atoms with E-state index in [0.717, 1.165) is 28.9 Å². The highest BCUT2D eigenvalue weighted by Gasteiger charge is 2.16. The number of rotatable bonds is 7. The average molecular weight is 365 g/mol. The Labute approximate surface area is 158 Å². The molecule has 0 aliphatic rings. The summed E-state index contributed by atoms with van der Waals surface area (Å²) in [5.41, 5.74) is 3.12. The lowest BCUT2D eigenvalue weighted by atomic mass is 10.1. The molecule has 0 fully saturated rings. The average Bonchev–Trinajstić information content (AvgIpc) is 3.15. The molecule has 0 aliphatic carbocycles. The van der Waals surface area contributed by atoms with Crippen molar-refractivity contribution in [3.05, 3.63) is 65.5 Å². The highest BCUT2D eigenvalue weighted by atomic mass is 16.5. The lowest BCUT2D eigenvalue weighted by Gasteiger charge is -2.16. The van der Waals surface area contributed by atoms with E-state index in [-0.39, 0.29) is 12.3 Å². The first-order valence-corrected chi connectivity index (χ1v) is 8.82. The summed E-state index contributed by atoms with van der Waals surface area (Å²) >= 11 is 0. The number of hydrogen-bond acceptors (Lipinski definition) is 5. The van der Waals surface area contributed by atoms with Gasteiger partial charge in [0.2, 0.25) is 17.6 Å². The summed E-state index contributed by atoms with van der Waals surface area (Å²) in [6.07, 6.45) is 0.864. The molecular formula is C21H23N3O3. The monoisotopic (exact) mass is 365 g/mol. The minimum atomic E-state index is -0.0523. The number of ether oxygens (including phenoxy) is 1. The van der Waals surface area contributed by atoms with Gasteiger partial charge in [0.1, 0.15) is 12.2 Å². The van der Waals surface area contributed by atoms with E-state index in [0.29, 0.717) is 18.3 Å². The third kappa shape index (κ3) is 4.73. The maximum Gasteiger partial charge on any atom is 0.236 e. The summed E-state index contributed by atoms with van der Waals surface area (Å²) in [6, 6.07) is 15.7. The van der Waals surface area contributed by atoms with Crippen molar-refractivity contribution < 1.29 is 14.1 Å². The van der Waals surface area contributed by atoms with E-state index in [1.807, 2.05) is 55.5 Å². The number of nitrogens with zero attached hydrogens (tertiary/aromatic N) is 3. The summed E-state index contributed by atoms with van der Waals surface area (Å²) in [4.78, 5) is 18.5. The highest BCUT2D eigenvalue weighted by Crippen LogP contribution is 2.20. The van der Waals surface area contributed by atoms with Crippen LogP contribution in [0.5, 0.6) is 5.75 Å². The second-order valence-corrected chi connectivity index (χ2v) is 6.42. The van der Waals surface area contributed by atoms with Gasteiger partial charge in [0.05, 0.1) is 7.11 Å². The molecule has 6 heteroatoms. The van der Waals surface area contributed by atoms with Gasteiger partial charge in [0, 0.05) is 19.2 Å². The molecule has 1 heterocycles. The fourth-order valence-corrected chi connectivity index (χ4v) is 2.74. The van der Waals surface area contributed by atoms with E-state index >= 15 is 0 Å². The van der Waals surface area contributed by atoms with Gasteiger partial charge in [-0.3, -0.25) is 4.79 Å². The van der Waals surface area contributed by atoms with E-state index in [4.69, 9.17) is 9.26 Å². The molecule has 0 bridgehead atoms. The first-order valence-electron chi connectivity index (χ1n) is 8.82. The standard InChI is InChI=1S/C21H23N3O3/c1-15-6-4-5-7-18(15)21-22-19(27-23-21)14-20(25)24(2)13-12-16-8-10-17(26-3)11-9-16/h4-11H,12-14H2,1-3H3. The Hall–Kier alpha value is -3.15. The maximum atomic E-state index is 12.4. The SMILES string of the molecule is COc1ccc(CCN(C)C(=O)Cc2nc(-c3ccccc3C)no2)cc1. The van der Waals surface area contributed by atoms with E-state index in [1.165, 1.54) is 0 Å². The van der Waals surface area contributed by atoms with Crippen LogP contribution in [0.3, 0.4) is 0 Å². The molecule has 140 valence electrons. The largest absolute Gasteiger partial charge is 0.497 e. The van der Waals surface area contributed by atoms with E-state index in [9.17, 15) is 4.79 Å². The number of methoxy groups -OCH3 is 1. The van der Waals surface area contributed by atoms with Gasteiger partial charge in [0.15, 0.2) is 0 Å². The van der Waals surface area contributed by atoms with Gasteiger partial charge < -0.3 is 14.2 Å². The van der Waals surface area contributed by atoms with Crippen molar-refractivity contribution in [1.29, 1.82) is 0 Å². The maximum absolute atomic E-state index is 12.4. The fourth-order valence-electron chi connectivity index (χ4n) is 2.74. The van der Waals surface area contributed by atoms with Crippen LogP contribution in [0, 0.1) is 6.92 Å². The predicted octanol–water partition coefficient (Wildman–Crippen LogP) is 3.30. The Bertz CT molecular complexity index is 903. The number of benzene rings is 2. The quantitative estimate of drug-likeness (QED) is 0.643. The van der Waals surface area contributed by atoms with Crippen LogP contribution < -0.4 is 4.74 Å². The number of amides is 1. The van der Waals surface area contributed by atoms with Gasteiger partial charge in [-0.25, -0.2) is 0 Å². The minimum Gasteiger partial charge on any atom is -0.497 e. The Morgan fingerprint density at radius 3 is 2.59 bits per heavy atom. The van der Waals surface area contributed by atoms with Gasteiger partial charge in [0.25, 0.3) is 0 Å². The number of aromatic nitrogens is 2. The van der Waals surface area contributed by atoms with Gasteiger partial charge >= 0.3 is 0 Å².